The van der Waals surface area contributed by atoms with Gasteiger partial charge in [-0.05, 0) is 17.7 Å². The number of aliphatic hydroxyl groups is 3. The first kappa shape index (κ1) is 19.2. The summed E-state index contributed by atoms with van der Waals surface area (Å²) in [6.07, 6.45) is -5.64. The summed E-state index contributed by atoms with van der Waals surface area (Å²) in [5.41, 5.74) is 8.66. The van der Waals surface area contributed by atoms with Gasteiger partial charge in [0.05, 0.1) is 24.3 Å². The van der Waals surface area contributed by atoms with Crippen LogP contribution in [0.25, 0.3) is 10.4 Å². The second kappa shape index (κ2) is 8.01. The first-order chi connectivity index (χ1) is 13.0. The summed E-state index contributed by atoms with van der Waals surface area (Å²) in [4.78, 5) is 28.8. The Morgan fingerprint density at radius 2 is 1.81 bits per heavy atom. The number of azide groups is 1. The molecule has 1 aromatic carbocycles. The maximum absolute atomic E-state index is 12.7. The molecule has 0 saturated carbocycles. The van der Waals surface area contributed by atoms with Crippen molar-refractivity contribution >= 4 is 11.8 Å². The molecule has 1 fully saturated rings. The Morgan fingerprint density at radius 1 is 1.19 bits per heavy atom. The van der Waals surface area contributed by atoms with E-state index in [9.17, 15) is 24.9 Å². The number of fused-ring (bicyclic) bond motifs is 1. The fraction of sp³-hybridized carbons (Fsp3) is 0.500. The number of benzene rings is 1. The molecule has 3 rings (SSSR count). The van der Waals surface area contributed by atoms with Crippen molar-refractivity contribution in [3.05, 3.63) is 45.8 Å². The first-order valence-corrected chi connectivity index (χ1v) is 8.23. The molecule has 0 aromatic heterocycles. The zero-order valence-electron chi connectivity index (χ0n) is 14.1. The van der Waals surface area contributed by atoms with Crippen LogP contribution in [0.4, 0.5) is 0 Å². The van der Waals surface area contributed by atoms with Gasteiger partial charge in [-0.3, -0.25) is 14.5 Å². The van der Waals surface area contributed by atoms with Crippen LogP contribution in [0.15, 0.2) is 29.4 Å². The molecular formula is C16H18N4O7. The van der Waals surface area contributed by atoms with E-state index in [1.54, 1.807) is 12.1 Å². The van der Waals surface area contributed by atoms with Crippen LogP contribution in [-0.4, -0.2) is 82.4 Å². The Morgan fingerprint density at radius 3 is 2.37 bits per heavy atom. The van der Waals surface area contributed by atoms with E-state index in [1.165, 1.54) is 12.1 Å². The number of carbonyl (C=O) groups is 2. The van der Waals surface area contributed by atoms with E-state index >= 15 is 0 Å². The molecule has 5 unspecified atom stereocenters. The second-order valence-electron chi connectivity index (χ2n) is 6.05. The van der Waals surface area contributed by atoms with E-state index in [1.807, 2.05) is 0 Å². The van der Waals surface area contributed by atoms with Crippen LogP contribution in [0.3, 0.4) is 0 Å². The number of amides is 2. The fourth-order valence-corrected chi connectivity index (χ4v) is 3.21. The normalized spacial score (nSPS) is 30.2. The number of ether oxygens (including phenoxy) is 2. The van der Waals surface area contributed by atoms with Gasteiger partial charge in [-0.15, -0.1) is 0 Å². The Kier molecular flexibility index (Phi) is 5.71. The highest BCUT2D eigenvalue weighted by Gasteiger charge is 2.53. The van der Waals surface area contributed by atoms with Crippen LogP contribution >= 0.6 is 0 Å². The molecule has 144 valence electrons. The molecule has 5 atom stereocenters. The highest BCUT2D eigenvalue weighted by molar-refractivity contribution is 6.21. The van der Waals surface area contributed by atoms with E-state index in [4.69, 9.17) is 15.0 Å². The van der Waals surface area contributed by atoms with Crippen molar-refractivity contribution in [1.29, 1.82) is 0 Å². The van der Waals surface area contributed by atoms with Gasteiger partial charge in [0.1, 0.15) is 24.4 Å². The number of imide groups is 1. The van der Waals surface area contributed by atoms with E-state index in [0.717, 1.165) is 4.90 Å². The maximum atomic E-state index is 12.7. The van der Waals surface area contributed by atoms with E-state index in [0.29, 0.717) is 0 Å². The van der Waals surface area contributed by atoms with E-state index < -0.39 is 49.1 Å². The smallest absolute Gasteiger partial charge is 0.262 e. The third-order valence-electron chi connectivity index (χ3n) is 4.51. The van der Waals surface area contributed by atoms with Gasteiger partial charge in [-0.1, -0.05) is 17.2 Å². The quantitative estimate of drug-likeness (QED) is 0.196. The number of hydrogen-bond donors (Lipinski definition) is 3. The standard InChI is InChI=1S/C16H18N4O7/c17-19-18-5-6-26-16-11(13(23)12(22)10(7-21)27-16)20-14(24)8-3-1-2-4-9(8)15(20)25/h1-4,10-13,16,21-23H,5-7H2. The molecule has 11 heteroatoms. The minimum atomic E-state index is -1.61. The van der Waals surface area contributed by atoms with Gasteiger partial charge in [0.25, 0.3) is 11.8 Å². The zero-order chi connectivity index (χ0) is 19.6. The summed E-state index contributed by atoms with van der Waals surface area (Å²) in [5, 5.41) is 33.4. The number of hydrogen-bond acceptors (Lipinski definition) is 8. The van der Waals surface area contributed by atoms with E-state index in [-0.39, 0.29) is 24.3 Å². The number of aliphatic hydroxyl groups excluding tert-OH is 3. The summed E-state index contributed by atoms with van der Waals surface area (Å²) >= 11 is 0. The number of nitrogens with zero attached hydrogens (tertiary/aromatic N) is 4. The van der Waals surface area contributed by atoms with Crippen molar-refractivity contribution in [3.8, 4) is 0 Å². The first-order valence-electron chi connectivity index (χ1n) is 8.23. The summed E-state index contributed by atoms with van der Waals surface area (Å²) in [6.45, 7) is -0.772. The Hall–Kier alpha value is -2.53. The average Bonchev–Trinajstić information content (AvgIpc) is 2.93. The van der Waals surface area contributed by atoms with Gasteiger partial charge in [0.15, 0.2) is 6.29 Å². The topological polar surface area (TPSA) is 165 Å². The van der Waals surface area contributed by atoms with Crippen LogP contribution < -0.4 is 0 Å². The molecule has 2 aliphatic rings. The molecule has 0 spiro atoms. The lowest BCUT2D eigenvalue weighted by Crippen LogP contribution is -2.65. The van der Waals surface area contributed by atoms with Crippen molar-refractivity contribution in [1.82, 2.24) is 4.90 Å². The minimum absolute atomic E-state index is 0.0480. The Balaban J connectivity index is 1.90. The SMILES string of the molecule is [N-]=[N+]=NCCOC1OC(CO)C(O)C(O)C1N1C(=O)c2ccccc2C1=O. The monoisotopic (exact) mass is 378 g/mol. The molecule has 27 heavy (non-hydrogen) atoms. The number of carbonyl (C=O) groups excluding carboxylic acids is 2. The van der Waals surface area contributed by atoms with Gasteiger partial charge in [0.2, 0.25) is 0 Å². The van der Waals surface area contributed by atoms with Crippen LogP contribution in [0.5, 0.6) is 0 Å². The van der Waals surface area contributed by atoms with Crippen molar-refractivity contribution in [2.45, 2.75) is 30.6 Å². The van der Waals surface area contributed by atoms with Crippen molar-refractivity contribution in [3.63, 3.8) is 0 Å². The number of rotatable bonds is 6. The highest BCUT2D eigenvalue weighted by atomic mass is 16.7. The van der Waals surface area contributed by atoms with Crippen molar-refractivity contribution < 1.29 is 34.4 Å². The summed E-state index contributed by atoms with van der Waals surface area (Å²) in [7, 11) is 0. The molecule has 0 aliphatic carbocycles. The van der Waals surface area contributed by atoms with Crippen molar-refractivity contribution in [2.75, 3.05) is 19.8 Å². The molecule has 1 aromatic rings. The van der Waals surface area contributed by atoms with Crippen LogP contribution in [-0.2, 0) is 9.47 Å². The fourth-order valence-electron chi connectivity index (χ4n) is 3.21. The van der Waals surface area contributed by atoms with Crippen LogP contribution in [0, 0.1) is 0 Å². The third kappa shape index (κ3) is 3.39. The minimum Gasteiger partial charge on any atom is -0.394 e. The lowest BCUT2D eigenvalue weighted by Gasteiger charge is -2.44. The summed E-state index contributed by atoms with van der Waals surface area (Å²) in [5.74, 6) is -1.30. The van der Waals surface area contributed by atoms with Crippen molar-refractivity contribution in [2.24, 2.45) is 5.11 Å². The van der Waals surface area contributed by atoms with Gasteiger partial charge < -0.3 is 24.8 Å². The Bertz CT molecular complexity index is 747. The highest BCUT2D eigenvalue weighted by Crippen LogP contribution is 2.32. The van der Waals surface area contributed by atoms with Gasteiger partial charge >= 0.3 is 0 Å². The van der Waals surface area contributed by atoms with Gasteiger partial charge in [-0.2, -0.15) is 0 Å². The zero-order valence-corrected chi connectivity index (χ0v) is 14.1. The summed E-state index contributed by atoms with van der Waals surface area (Å²) in [6, 6.07) is 4.82. The molecule has 2 heterocycles. The maximum Gasteiger partial charge on any atom is 0.262 e. The average molecular weight is 378 g/mol. The molecule has 3 N–H and O–H groups in total. The lowest BCUT2D eigenvalue weighted by atomic mass is 9.95. The molecule has 2 aliphatic heterocycles. The summed E-state index contributed by atoms with van der Waals surface area (Å²) < 4.78 is 10.9. The molecule has 2 amide bonds. The molecular weight excluding hydrogens is 360 g/mol. The largest absolute Gasteiger partial charge is 0.394 e. The molecule has 0 bridgehead atoms. The second-order valence-corrected chi connectivity index (χ2v) is 6.05. The van der Waals surface area contributed by atoms with Gasteiger partial charge in [-0.25, -0.2) is 0 Å². The predicted octanol–water partition coefficient (Wildman–Crippen LogP) is -0.583. The lowest BCUT2D eigenvalue weighted by molar-refractivity contribution is -0.278. The molecule has 1 saturated heterocycles. The van der Waals surface area contributed by atoms with Gasteiger partial charge in [0, 0.05) is 11.5 Å². The van der Waals surface area contributed by atoms with Crippen LogP contribution in [0.1, 0.15) is 20.7 Å². The van der Waals surface area contributed by atoms with E-state index in [2.05, 4.69) is 10.0 Å². The molecule has 11 nitrogen and oxygen atoms in total. The third-order valence-corrected chi connectivity index (χ3v) is 4.51. The molecule has 0 radical (unpaired) electrons. The van der Waals surface area contributed by atoms with Crippen LogP contribution in [0.2, 0.25) is 0 Å². The Labute approximate surface area is 153 Å². The predicted molar refractivity (Wildman–Crippen MR) is 88.5 cm³/mol.